The van der Waals surface area contributed by atoms with Gasteiger partial charge in [-0.15, -0.1) is 0 Å². The van der Waals surface area contributed by atoms with Gasteiger partial charge in [0.1, 0.15) is 0 Å². The molecule has 0 saturated heterocycles. The third kappa shape index (κ3) is 2.07. The van der Waals surface area contributed by atoms with E-state index in [4.69, 9.17) is 0 Å². The summed E-state index contributed by atoms with van der Waals surface area (Å²) in [7, 11) is 0. The van der Waals surface area contributed by atoms with Crippen LogP contribution in [0.1, 0.15) is 12.0 Å². The van der Waals surface area contributed by atoms with Gasteiger partial charge in [0.05, 0.1) is 12.1 Å². The molecule has 1 aromatic rings. The maximum Gasteiger partial charge on any atom is 0.246 e. The second kappa shape index (κ2) is 3.87. The molecule has 3 nitrogen and oxygen atoms in total. The van der Waals surface area contributed by atoms with Crippen LogP contribution in [-0.4, -0.2) is 11.6 Å². The molecule has 2 rings (SSSR count). The molecule has 0 radical (unpaired) electrons. The van der Waals surface area contributed by atoms with Gasteiger partial charge < -0.3 is 0 Å². The summed E-state index contributed by atoms with van der Waals surface area (Å²) in [6, 6.07) is 9.91. The van der Waals surface area contributed by atoms with Crippen molar-refractivity contribution in [1.29, 1.82) is 0 Å². The van der Waals surface area contributed by atoms with Crippen molar-refractivity contribution in [3.8, 4) is 0 Å². The smallest absolute Gasteiger partial charge is 0.246 e. The monoisotopic (exact) mass is 186 g/mol. The summed E-state index contributed by atoms with van der Waals surface area (Å²) in [6.45, 7) is 0. The highest BCUT2D eigenvalue weighted by atomic mass is 16.2. The lowest BCUT2D eigenvalue weighted by Crippen LogP contribution is -2.08. The second-order valence-corrected chi connectivity index (χ2v) is 3.06. The number of nitrogens with zero attached hydrogens (tertiary/aromatic N) is 1. The Morgan fingerprint density at radius 1 is 1.21 bits per heavy atom. The number of carbonyl (C=O) groups is 1. The number of hydrogen-bond donors (Lipinski definition) is 1. The van der Waals surface area contributed by atoms with E-state index in [9.17, 15) is 4.79 Å². The predicted octanol–water partition coefficient (Wildman–Crippen LogP) is 1.58. The largest absolute Gasteiger partial charge is 0.273 e. The summed E-state index contributed by atoms with van der Waals surface area (Å²) in [6.07, 6.45) is 4.18. The van der Waals surface area contributed by atoms with Crippen LogP contribution in [0.2, 0.25) is 0 Å². The van der Waals surface area contributed by atoms with Gasteiger partial charge in [-0.2, -0.15) is 5.10 Å². The van der Waals surface area contributed by atoms with Gasteiger partial charge in [-0.1, -0.05) is 36.4 Å². The van der Waals surface area contributed by atoms with Gasteiger partial charge in [-0.25, -0.2) is 5.43 Å². The molecule has 0 spiro atoms. The van der Waals surface area contributed by atoms with E-state index in [0.29, 0.717) is 6.42 Å². The van der Waals surface area contributed by atoms with Crippen molar-refractivity contribution in [2.45, 2.75) is 6.42 Å². The molecule has 1 aliphatic heterocycles. The standard InChI is InChI=1S/C11H10N2O/c14-11-8-10(12-13-11)7-6-9-4-2-1-3-5-9/h1-7H,8H2,(H,13,14). The Hall–Kier alpha value is -1.90. The highest BCUT2D eigenvalue weighted by Crippen LogP contribution is 2.03. The summed E-state index contributed by atoms with van der Waals surface area (Å²) in [4.78, 5) is 10.8. The molecule has 0 aliphatic carbocycles. The molecular formula is C11H10N2O. The summed E-state index contributed by atoms with van der Waals surface area (Å²) in [5.41, 5.74) is 4.29. The number of allylic oxidation sites excluding steroid dienone is 1. The number of hydrogen-bond acceptors (Lipinski definition) is 2. The van der Waals surface area contributed by atoms with Crippen molar-refractivity contribution in [1.82, 2.24) is 5.43 Å². The summed E-state index contributed by atoms with van der Waals surface area (Å²) in [5.74, 6) is -0.0438. The molecule has 0 unspecified atom stereocenters. The van der Waals surface area contributed by atoms with E-state index in [-0.39, 0.29) is 5.91 Å². The van der Waals surface area contributed by atoms with E-state index >= 15 is 0 Å². The van der Waals surface area contributed by atoms with Crippen LogP contribution in [-0.2, 0) is 4.79 Å². The minimum atomic E-state index is -0.0438. The van der Waals surface area contributed by atoms with Crippen molar-refractivity contribution < 1.29 is 4.79 Å². The van der Waals surface area contributed by atoms with Crippen LogP contribution in [0, 0.1) is 0 Å². The first-order chi connectivity index (χ1) is 6.84. The minimum Gasteiger partial charge on any atom is -0.273 e. The average molecular weight is 186 g/mol. The van der Waals surface area contributed by atoms with Gasteiger partial charge in [0.2, 0.25) is 5.91 Å². The van der Waals surface area contributed by atoms with Crippen LogP contribution in [0.15, 0.2) is 41.5 Å². The van der Waals surface area contributed by atoms with Crippen molar-refractivity contribution in [2.75, 3.05) is 0 Å². The van der Waals surface area contributed by atoms with Crippen LogP contribution in [0.3, 0.4) is 0 Å². The fourth-order valence-electron chi connectivity index (χ4n) is 1.23. The van der Waals surface area contributed by atoms with Crippen LogP contribution in [0.5, 0.6) is 0 Å². The third-order valence-electron chi connectivity index (χ3n) is 1.93. The molecule has 0 atom stereocenters. The molecule has 0 bridgehead atoms. The number of amides is 1. The lowest BCUT2D eigenvalue weighted by molar-refractivity contribution is -0.119. The summed E-state index contributed by atoms with van der Waals surface area (Å²) >= 11 is 0. The molecule has 70 valence electrons. The molecule has 1 heterocycles. The maximum atomic E-state index is 10.8. The zero-order chi connectivity index (χ0) is 9.80. The Balaban J connectivity index is 2.05. The first kappa shape index (κ1) is 8.69. The number of rotatable bonds is 2. The van der Waals surface area contributed by atoms with E-state index in [1.165, 1.54) is 0 Å². The fraction of sp³-hybridized carbons (Fsp3) is 0.0909. The first-order valence-electron chi connectivity index (χ1n) is 4.43. The molecule has 3 heteroatoms. The van der Waals surface area contributed by atoms with E-state index in [0.717, 1.165) is 11.3 Å². The van der Waals surface area contributed by atoms with E-state index in [1.807, 2.05) is 42.5 Å². The third-order valence-corrected chi connectivity index (χ3v) is 1.93. The summed E-state index contributed by atoms with van der Waals surface area (Å²) in [5, 5.41) is 3.86. The lowest BCUT2D eigenvalue weighted by atomic mass is 10.2. The van der Waals surface area contributed by atoms with E-state index in [2.05, 4.69) is 10.5 Å². The molecule has 14 heavy (non-hydrogen) atoms. The van der Waals surface area contributed by atoms with Gasteiger partial charge in [0, 0.05) is 0 Å². The molecule has 1 N–H and O–H groups in total. The maximum absolute atomic E-state index is 10.8. The number of nitrogens with one attached hydrogen (secondary N) is 1. The Morgan fingerprint density at radius 2 is 2.00 bits per heavy atom. The average Bonchev–Trinajstić information content (AvgIpc) is 2.63. The van der Waals surface area contributed by atoms with E-state index in [1.54, 1.807) is 0 Å². The predicted molar refractivity (Wildman–Crippen MR) is 55.7 cm³/mol. The molecule has 1 aromatic carbocycles. The van der Waals surface area contributed by atoms with Gasteiger partial charge >= 0.3 is 0 Å². The highest BCUT2D eigenvalue weighted by Gasteiger charge is 2.10. The van der Waals surface area contributed by atoms with Crippen molar-refractivity contribution in [3.05, 3.63) is 42.0 Å². The van der Waals surface area contributed by atoms with Crippen LogP contribution in [0.4, 0.5) is 0 Å². The fourth-order valence-corrected chi connectivity index (χ4v) is 1.23. The molecule has 1 amide bonds. The van der Waals surface area contributed by atoms with Crippen molar-refractivity contribution in [2.24, 2.45) is 5.10 Å². The molecule has 0 saturated carbocycles. The minimum absolute atomic E-state index is 0.0438. The second-order valence-electron chi connectivity index (χ2n) is 3.06. The SMILES string of the molecule is O=C1CC(C=Cc2ccccc2)=NN1. The van der Waals surface area contributed by atoms with Crippen LogP contribution in [0.25, 0.3) is 6.08 Å². The lowest BCUT2D eigenvalue weighted by Gasteiger charge is -1.90. The zero-order valence-electron chi connectivity index (χ0n) is 7.60. The van der Waals surface area contributed by atoms with E-state index < -0.39 is 0 Å². The summed E-state index contributed by atoms with van der Waals surface area (Å²) < 4.78 is 0. The Labute approximate surface area is 82.1 Å². The Morgan fingerprint density at radius 3 is 2.64 bits per heavy atom. The first-order valence-corrected chi connectivity index (χ1v) is 4.43. The highest BCUT2D eigenvalue weighted by molar-refractivity contribution is 6.11. The number of carbonyl (C=O) groups excluding carboxylic acids is 1. The number of benzene rings is 1. The van der Waals surface area contributed by atoms with Crippen LogP contribution < -0.4 is 5.43 Å². The van der Waals surface area contributed by atoms with Crippen LogP contribution >= 0.6 is 0 Å². The normalized spacial score (nSPS) is 15.7. The van der Waals surface area contributed by atoms with Gasteiger partial charge in [0.15, 0.2) is 0 Å². The number of hydrazone groups is 1. The van der Waals surface area contributed by atoms with Crippen molar-refractivity contribution >= 4 is 17.7 Å². The van der Waals surface area contributed by atoms with Gasteiger partial charge in [-0.3, -0.25) is 4.79 Å². The molecule has 1 aliphatic rings. The molecular weight excluding hydrogens is 176 g/mol. The Bertz CT molecular complexity index is 393. The molecule has 0 aromatic heterocycles. The zero-order valence-corrected chi connectivity index (χ0v) is 7.60. The van der Waals surface area contributed by atoms with Crippen molar-refractivity contribution in [3.63, 3.8) is 0 Å². The quantitative estimate of drug-likeness (QED) is 0.748. The molecule has 0 fully saturated rings. The van der Waals surface area contributed by atoms with Gasteiger partial charge in [-0.05, 0) is 11.6 Å². The van der Waals surface area contributed by atoms with Gasteiger partial charge in [0.25, 0.3) is 0 Å². The topological polar surface area (TPSA) is 41.5 Å². The Kier molecular flexibility index (Phi) is 2.40.